The molecular weight excluding hydrogens is 464 g/mol. The molecule has 0 aliphatic rings. The van der Waals surface area contributed by atoms with Crippen LogP contribution in [0.2, 0.25) is 0 Å². The van der Waals surface area contributed by atoms with Crippen molar-refractivity contribution in [1.29, 1.82) is 0 Å². The fraction of sp³-hybridized carbons (Fsp3) is 0.310. The number of benzene rings is 2. The molecule has 6 rings (SSSR count). The van der Waals surface area contributed by atoms with Crippen LogP contribution in [0.15, 0.2) is 54.6 Å². The van der Waals surface area contributed by atoms with Crippen molar-refractivity contribution >= 4 is 43.8 Å². The fourth-order valence-electron chi connectivity index (χ4n) is 4.79. The van der Waals surface area contributed by atoms with Crippen molar-refractivity contribution in [1.82, 2.24) is 29.1 Å². The summed E-state index contributed by atoms with van der Waals surface area (Å²) in [5, 5.41) is 1.09. The van der Waals surface area contributed by atoms with Crippen molar-refractivity contribution < 1.29 is 0 Å². The highest BCUT2D eigenvalue weighted by atomic mass is 32.1. The molecule has 0 fully saturated rings. The van der Waals surface area contributed by atoms with Gasteiger partial charge in [0.15, 0.2) is 0 Å². The lowest BCUT2D eigenvalue weighted by Crippen LogP contribution is -2.09. The molecule has 0 saturated carbocycles. The van der Waals surface area contributed by atoms with Crippen LogP contribution < -0.4 is 0 Å². The number of para-hydroxylation sites is 4. The first-order valence-electron chi connectivity index (χ1n) is 12.6. The Balaban J connectivity index is 1.75. The molecule has 0 aliphatic heterocycles. The molecule has 0 saturated heterocycles. The highest BCUT2D eigenvalue weighted by Crippen LogP contribution is 2.36. The lowest BCUT2D eigenvalue weighted by Gasteiger charge is -2.16. The Morgan fingerprint density at radius 2 is 1.19 bits per heavy atom. The lowest BCUT2D eigenvalue weighted by molar-refractivity contribution is 0.749. The van der Waals surface area contributed by atoms with Gasteiger partial charge in [0.05, 0.1) is 32.8 Å². The number of nitrogens with zero attached hydrogens (tertiary/aromatic N) is 6. The largest absolute Gasteiger partial charge is 0.294 e. The molecule has 0 bridgehead atoms. The first-order valence-corrected chi connectivity index (χ1v) is 13.4. The molecule has 0 spiro atoms. The monoisotopic (exact) mass is 494 g/mol. The average molecular weight is 495 g/mol. The lowest BCUT2D eigenvalue weighted by atomic mass is 10.2. The van der Waals surface area contributed by atoms with Crippen LogP contribution >= 0.6 is 11.3 Å². The Morgan fingerprint density at radius 1 is 0.639 bits per heavy atom. The van der Waals surface area contributed by atoms with Gasteiger partial charge in [-0.1, -0.05) is 77.1 Å². The third-order valence-corrected chi connectivity index (χ3v) is 7.77. The predicted molar refractivity (Wildman–Crippen MR) is 149 cm³/mol. The van der Waals surface area contributed by atoms with E-state index in [9.17, 15) is 0 Å². The second-order valence-corrected chi connectivity index (χ2v) is 11.3. The van der Waals surface area contributed by atoms with Crippen molar-refractivity contribution in [3.8, 4) is 11.5 Å². The van der Waals surface area contributed by atoms with Crippen LogP contribution in [0.3, 0.4) is 0 Å². The van der Waals surface area contributed by atoms with Gasteiger partial charge in [0.2, 0.25) is 0 Å². The van der Waals surface area contributed by atoms with E-state index >= 15 is 0 Å². The average Bonchev–Trinajstić information content (AvgIpc) is 3.56. The highest BCUT2D eigenvalue weighted by molar-refractivity contribution is 7.18. The Kier molecular flexibility index (Phi) is 5.41. The van der Waals surface area contributed by atoms with Gasteiger partial charge in [-0.05, 0) is 24.3 Å². The van der Waals surface area contributed by atoms with E-state index in [4.69, 9.17) is 19.9 Å². The van der Waals surface area contributed by atoms with Gasteiger partial charge in [0.25, 0.3) is 0 Å². The molecule has 0 amide bonds. The first kappa shape index (κ1) is 22.9. The van der Waals surface area contributed by atoms with E-state index in [1.54, 1.807) is 11.3 Å². The van der Waals surface area contributed by atoms with Crippen molar-refractivity contribution in [3.63, 3.8) is 0 Å². The number of rotatable bonds is 5. The molecule has 0 aliphatic carbocycles. The summed E-state index contributed by atoms with van der Waals surface area (Å²) in [7, 11) is 0. The van der Waals surface area contributed by atoms with Crippen molar-refractivity contribution in [3.05, 3.63) is 71.3 Å². The SMILES string of the molecule is CC(C)c1nc2c(-n3c(C(C)C)nc4ccccc43)cc(-n3c(C(C)C)nc4ccccc43)nc2s1. The maximum Gasteiger partial charge on any atom is 0.148 e. The molecule has 36 heavy (non-hydrogen) atoms. The standard InChI is InChI=1S/C29H30N6S/c1-16(2)26-30-19-11-7-9-13-21(19)34(26)23-15-24(32-29-25(23)33-28(36-29)18(5)6)35-22-14-10-8-12-20(22)31-27(35)17(3)4/h7-18H,1-6H3. The van der Waals surface area contributed by atoms with Gasteiger partial charge in [-0.25, -0.2) is 19.9 Å². The topological polar surface area (TPSA) is 61.4 Å². The van der Waals surface area contributed by atoms with Crippen LogP contribution in [0.1, 0.15) is 76.0 Å². The summed E-state index contributed by atoms with van der Waals surface area (Å²) in [6, 6.07) is 18.8. The molecule has 0 unspecified atom stereocenters. The number of thiazole rings is 1. The van der Waals surface area contributed by atoms with Crippen LogP contribution in [0.25, 0.3) is 43.9 Å². The molecule has 4 heterocycles. The molecule has 7 heteroatoms. The van der Waals surface area contributed by atoms with E-state index < -0.39 is 0 Å². The highest BCUT2D eigenvalue weighted by Gasteiger charge is 2.23. The quantitative estimate of drug-likeness (QED) is 0.246. The van der Waals surface area contributed by atoms with Crippen molar-refractivity contribution in [2.45, 2.75) is 59.3 Å². The summed E-state index contributed by atoms with van der Waals surface area (Å²) >= 11 is 1.68. The van der Waals surface area contributed by atoms with Crippen LogP contribution in [0, 0.1) is 0 Å². The Labute approximate surface area is 214 Å². The summed E-state index contributed by atoms with van der Waals surface area (Å²) in [6.45, 7) is 13.1. The summed E-state index contributed by atoms with van der Waals surface area (Å²) in [4.78, 5) is 21.2. The maximum absolute atomic E-state index is 5.18. The third-order valence-electron chi connectivity index (χ3n) is 6.52. The number of pyridine rings is 1. The number of hydrogen-bond donors (Lipinski definition) is 0. The van der Waals surface area contributed by atoms with E-state index in [1.165, 1.54) is 0 Å². The molecule has 182 valence electrons. The fourth-order valence-corrected chi connectivity index (χ4v) is 5.74. The van der Waals surface area contributed by atoms with E-state index in [2.05, 4.69) is 93.1 Å². The zero-order valence-corrected chi connectivity index (χ0v) is 22.3. The van der Waals surface area contributed by atoms with Crippen molar-refractivity contribution in [2.24, 2.45) is 0 Å². The van der Waals surface area contributed by atoms with Gasteiger partial charge in [0, 0.05) is 23.8 Å². The first-order chi connectivity index (χ1) is 17.3. The minimum Gasteiger partial charge on any atom is -0.294 e. The van der Waals surface area contributed by atoms with Gasteiger partial charge in [0.1, 0.15) is 27.8 Å². The number of imidazole rings is 2. The summed E-state index contributed by atoms with van der Waals surface area (Å²) in [5.41, 5.74) is 6.05. The second kappa shape index (κ2) is 8.52. The number of aromatic nitrogens is 6. The molecule has 4 aromatic heterocycles. The third kappa shape index (κ3) is 3.53. The van der Waals surface area contributed by atoms with Crippen molar-refractivity contribution in [2.75, 3.05) is 0 Å². The smallest absolute Gasteiger partial charge is 0.148 e. The summed E-state index contributed by atoms with van der Waals surface area (Å²) in [6.07, 6.45) is 0. The van der Waals surface area contributed by atoms with Gasteiger partial charge in [-0.3, -0.25) is 9.13 Å². The second-order valence-electron chi connectivity index (χ2n) is 10.3. The zero-order valence-electron chi connectivity index (χ0n) is 21.5. The molecule has 2 aromatic carbocycles. The molecule has 6 aromatic rings. The molecular formula is C29H30N6S. The zero-order chi connectivity index (χ0) is 25.1. The van der Waals surface area contributed by atoms with Gasteiger partial charge < -0.3 is 0 Å². The molecule has 0 N–H and O–H groups in total. The van der Waals surface area contributed by atoms with Crippen LogP contribution in [-0.4, -0.2) is 29.1 Å². The predicted octanol–water partition coefficient (Wildman–Crippen LogP) is 7.74. The van der Waals surface area contributed by atoms with Crippen LogP contribution in [0.4, 0.5) is 0 Å². The molecule has 0 atom stereocenters. The molecule has 0 radical (unpaired) electrons. The Morgan fingerprint density at radius 3 is 1.78 bits per heavy atom. The van der Waals surface area contributed by atoms with Gasteiger partial charge in [-0.15, -0.1) is 0 Å². The Bertz CT molecular complexity index is 1730. The van der Waals surface area contributed by atoms with E-state index in [-0.39, 0.29) is 11.8 Å². The van der Waals surface area contributed by atoms with Gasteiger partial charge in [-0.2, -0.15) is 0 Å². The van der Waals surface area contributed by atoms with Crippen LogP contribution in [-0.2, 0) is 0 Å². The molecule has 6 nitrogen and oxygen atoms in total. The van der Waals surface area contributed by atoms with Crippen LogP contribution in [0.5, 0.6) is 0 Å². The number of fused-ring (bicyclic) bond motifs is 3. The summed E-state index contributed by atoms with van der Waals surface area (Å²) in [5.74, 6) is 3.70. The minimum absolute atomic E-state index is 0.242. The maximum atomic E-state index is 5.18. The van der Waals surface area contributed by atoms with E-state index in [1.807, 2.05) is 12.1 Å². The number of hydrogen-bond acceptors (Lipinski definition) is 5. The Hall–Kier alpha value is -3.58. The van der Waals surface area contributed by atoms with Gasteiger partial charge >= 0.3 is 0 Å². The summed E-state index contributed by atoms with van der Waals surface area (Å²) < 4.78 is 4.50. The minimum atomic E-state index is 0.242. The van der Waals surface area contributed by atoms with E-state index in [0.717, 1.165) is 60.6 Å². The van der Waals surface area contributed by atoms with E-state index in [0.29, 0.717) is 5.92 Å². The normalized spacial score (nSPS) is 12.4.